The van der Waals surface area contributed by atoms with Crippen LogP contribution in [0.5, 0.6) is 5.75 Å². The van der Waals surface area contributed by atoms with Crippen molar-refractivity contribution >= 4 is 11.6 Å². The Morgan fingerprint density at radius 2 is 2.29 bits per heavy atom. The van der Waals surface area contributed by atoms with E-state index in [2.05, 4.69) is 25.6 Å². The highest BCUT2D eigenvalue weighted by molar-refractivity contribution is 5.77. The van der Waals surface area contributed by atoms with Crippen molar-refractivity contribution in [2.75, 3.05) is 25.1 Å². The number of nitrogens with zero attached hydrogens (tertiary/aromatic N) is 4. The Hall–Kier alpha value is -2.61. The fourth-order valence-corrected chi connectivity index (χ4v) is 2.92. The second-order valence-electron chi connectivity index (χ2n) is 5.71. The number of pyridine rings is 1. The molecule has 3 aromatic heterocycles. The minimum absolute atomic E-state index is 0.347. The third-order valence-electron chi connectivity index (χ3n) is 4.11. The van der Waals surface area contributed by atoms with Gasteiger partial charge in [0.1, 0.15) is 0 Å². The van der Waals surface area contributed by atoms with Gasteiger partial charge in [0.25, 0.3) is 0 Å². The van der Waals surface area contributed by atoms with Crippen LogP contribution < -0.4 is 10.1 Å². The highest BCUT2D eigenvalue weighted by Gasteiger charge is 2.19. The molecule has 0 spiro atoms. The zero-order valence-electron chi connectivity index (χ0n) is 13.5. The van der Waals surface area contributed by atoms with Gasteiger partial charge in [-0.3, -0.25) is 5.10 Å². The molecule has 0 bridgehead atoms. The third kappa shape index (κ3) is 2.80. The van der Waals surface area contributed by atoms with Gasteiger partial charge in [-0.2, -0.15) is 10.1 Å². The van der Waals surface area contributed by atoms with Crippen LogP contribution in [0.15, 0.2) is 24.7 Å². The van der Waals surface area contributed by atoms with Crippen molar-refractivity contribution < 1.29 is 9.47 Å². The molecule has 1 fully saturated rings. The van der Waals surface area contributed by atoms with Crippen LogP contribution in [0.2, 0.25) is 0 Å². The van der Waals surface area contributed by atoms with Crippen LogP contribution in [-0.4, -0.2) is 50.7 Å². The maximum absolute atomic E-state index is 5.86. The minimum Gasteiger partial charge on any atom is -0.489 e. The molecule has 8 nitrogen and oxygen atoms in total. The van der Waals surface area contributed by atoms with E-state index >= 15 is 0 Å². The van der Waals surface area contributed by atoms with Crippen LogP contribution in [0.4, 0.5) is 5.95 Å². The van der Waals surface area contributed by atoms with Gasteiger partial charge in [0.15, 0.2) is 11.4 Å². The molecule has 0 atom stereocenters. The predicted octanol–water partition coefficient (Wildman–Crippen LogP) is 2.11. The summed E-state index contributed by atoms with van der Waals surface area (Å²) >= 11 is 0. The van der Waals surface area contributed by atoms with Crippen molar-refractivity contribution in [2.45, 2.75) is 25.8 Å². The van der Waals surface area contributed by atoms with E-state index in [0.717, 1.165) is 37.2 Å². The molecule has 24 heavy (non-hydrogen) atoms. The summed E-state index contributed by atoms with van der Waals surface area (Å²) in [5, 5.41) is 14.8. The zero-order chi connectivity index (χ0) is 16.4. The van der Waals surface area contributed by atoms with Crippen molar-refractivity contribution in [3.63, 3.8) is 0 Å². The highest BCUT2D eigenvalue weighted by Crippen LogP contribution is 2.33. The number of hydrogen-bond acceptors (Lipinski definition) is 6. The monoisotopic (exact) mass is 328 g/mol. The van der Waals surface area contributed by atoms with E-state index in [1.807, 2.05) is 25.4 Å². The second kappa shape index (κ2) is 6.48. The van der Waals surface area contributed by atoms with E-state index in [1.165, 1.54) is 0 Å². The van der Waals surface area contributed by atoms with E-state index in [9.17, 15) is 0 Å². The number of ether oxygens (including phenoxy) is 2. The number of anilines is 1. The summed E-state index contributed by atoms with van der Waals surface area (Å²) in [4.78, 5) is 4.64. The first kappa shape index (κ1) is 14.9. The summed E-state index contributed by atoms with van der Waals surface area (Å²) in [7, 11) is 0. The molecule has 0 aromatic carbocycles. The maximum Gasteiger partial charge on any atom is 0.243 e. The number of aromatic nitrogens is 5. The molecule has 3 aromatic rings. The summed E-state index contributed by atoms with van der Waals surface area (Å²) in [5.41, 5.74) is 2.61. The van der Waals surface area contributed by atoms with Gasteiger partial charge in [-0.1, -0.05) is 0 Å². The molecule has 0 radical (unpaired) electrons. The molecule has 0 saturated carbocycles. The lowest BCUT2D eigenvalue weighted by molar-refractivity contribution is 0.0903. The van der Waals surface area contributed by atoms with Crippen LogP contribution in [0.1, 0.15) is 19.8 Å². The lowest BCUT2D eigenvalue weighted by Crippen LogP contribution is -2.28. The van der Waals surface area contributed by atoms with Gasteiger partial charge in [0.05, 0.1) is 12.8 Å². The van der Waals surface area contributed by atoms with Crippen LogP contribution in [0.25, 0.3) is 16.8 Å². The van der Waals surface area contributed by atoms with E-state index in [4.69, 9.17) is 9.47 Å². The smallest absolute Gasteiger partial charge is 0.243 e. The number of aromatic amines is 1. The number of fused-ring (bicyclic) bond motifs is 1. The van der Waals surface area contributed by atoms with Gasteiger partial charge in [0, 0.05) is 42.8 Å². The molecular formula is C16H20N6O2. The van der Waals surface area contributed by atoms with Crippen molar-refractivity contribution in [2.24, 2.45) is 0 Å². The standard InChI is InChI=1S/C16H20N6O2/c1-2-24-14-13(11-9-17-18-10-11)3-6-22-15(14)20-16(21-22)19-12-4-7-23-8-5-12/h3,6,9-10,12H,2,4-5,7-8H2,1H3,(H,17,18)(H,19,21). The highest BCUT2D eigenvalue weighted by atomic mass is 16.5. The molecule has 0 unspecified atom stereocenters. The molecule has 0 amide bonds. The fraction of sp³-hybridized carbons (Fsp3) is 0.438. The maximum atomic E-state index is 5.86. The Bertz CT molecular complexity index is 807. The van der Waals surface area contributed by atoms with Crippen LogP contribution in [0.3, 0.4) is 0 Å². The van der Waals surface area contributed by atoms with Crippen LogP contribution >= 0.6 is 0 Å². The molecule has 1 aliphatic rings. The summed E-state index contributed by atoms with van der Waals surface area (Å²) in [6, 6.07) is 2.32. The van der Waals surface area contributed by atoms with E-state index in [0.29, 0.717) is 30.0 Å². The topological polar surface area (TPSA) is 89.4 Å². The SMILES string of the molecule is CCOc1c(-c2cn[nH]c2)ccn2nc(NC3CCOCC3)nc12. The van der Waals surface area contributed by atoms with E-state index in [-0.39, 0.29) is 0 Å². The first-order chi connectivity index (χ1) is 11.8. The average molecular weight is 328 g/mol. The Kier molecular flexibility index (Phi) is 4.04. The lowest BCUT2D eigenvalue weighted by atomic mass is 10.1. The first-order valence-electron chi connectivity index (χ1n) is 8.20. The average Bonchev–Trinajstić information content (AvgIpc) is 3.25. The van der Waals surface area contributed by atoms with Crippen molar-refractivity contribution in [3.05, 3.63) is 24.7 Å². The Morgan fingerprint density at radius 3 is 3.04 bits per heavy atom. The molecule has 1 aliphatic heterocycles. The van der Waals surface area contributed by atoms with Gasteiger partial charge in [-0.15, -0.1) is 5.10 Å². The number of rotatable bonds is 5. The van der Waals surface area contributed by atoms with Crippen molar-refractivity contribution in [1.82, 2.24) is 24.8 Å². The normalized spacial score (nSPS) is 15.7. The summed E-state index contributed by atoms with van der Waals surface area (Å²) < 4.78 is 13.0. The lowest BCUT2D eigenvalue weighted by Gasteiger charge is -2.22. The molecule has 8 heteroatoms. The van der Waals surface area contributed by atoms with E-state index in [1.54, 1.807) is 10.7 Å². The van der Waals surface area contributed by atoms with Gasteiger partial charge in [-0.25, -0.2) is 4.52 Å². The number of hydrogen-bond donors (Lipinski definition) is 2. The minimum atomic E-state index is 0.347. The third-order valence-corrected chi connectivity index (χ3v) is 4.11. The van der Waals surface area contributed by atoms with Crippen molar-refractivity contribution in [1.29, 1.82) is 0 Å². The quantitative estimate of drug-likeness (QED) is 0.745. The summed E-state index contributed by atoms with van der Waals surface area (Å²) in [6.45, 7) is 4.07. The largest absolute Gasteiger partial charge is 0.489 e. The fourth-order valence-electron chi connectivity index (χ4n) is 2.92. The number of H-pyrrole nitrogens is 1. The Morgan fingerprint density at radius 1 is 1.42 bits per heavy atom. The zero-order valence-corrected chi connectivity index (χ0v) is 13.5. The predicted molar refractivity (Wildman–Crippen MR) is 89.2 cm³/mol. The van der Waals surface area contributed by atoms with Gasteiger partial charge in [-0.05, 0) is 25.8 Å². The van der Waals surface area contributed by atoms with Gasteiger partial charge >= 0.3 is 0 Å². The molecule has 2 N–H and O–H groups in total. The van der Waals surface area contributed by atoms with Gasteiger partial charge in [0.2, 0.25) is 5.95 Å². The Labute approximate surface area is 139 Å². The molecule has 0 aliphatic carbocycles. The van der Waals surface area contributed by atoms with Crippen LogP contribution in [0, 0.1) is 0 Å². The van der Waals surface area contributed by atoms with Crippen molar-refractivity contribution in [3.8, 4) is 16.9 Å². The molecule has 4 heterocycles. The Balaban J connectivity index is 1.71. The second-order valence-corrected chi connectivity index (χ2v) is 5.71. The van der Waals surface area contributed by atoms with Gasteiger partial charge < -0.3 is 14.8 Å². The van der Waals surface area contributed by atoms with E-state index < -0.39 is 0 Å². The molecular weight excluding hydrogens is 308 g/mol. The summed E-state index contributed by atoms with van der Waals surface area (Å²) in [6.07, 6.45) is 7.43. The molecule has 1 saturated heterocycles. The molecule has 4 rings (SSSR count). The molecule has 126 valence electrons. The number of nitrogens with one attached hydrogen (secondary N) is 2. The van der Waals surface area contributed by atoms with Crippen LogP contribution in [-0.2, 0) is 4.74 Å². The first-order valence-corrected chi connectivity index (χ1v) is 8.20. The summed E-state index contributed by atoms with van der Waals surface area (Å²) in [5.74, 6) is 1.33.